The summed E-state index contributed by atoms with van der Waals surface area (Å²) in [6.07, 6.45) is 1.92. The molecule has 2 atom stereocenters. The molecule has 4 nitrogen and oxygen atoms in total. The Labute approximate surface area is 99.3 Å². The molecule has 0 radical (unpaired) electrons. The Morgan fingerprint density at radius 3 is 2.27 bits per heavy atom. The van der Waals surface area contributed by atoms with Crippen molar-refractivity contribution in [2.75, 3.05) is 18.6 Å². The van der Waals surface area contributed by atoms with Crippen LogP contribution in [0.15, 0.2) is 0 Å². The number of ether oxygens (including phenoxy) is 1. The van der Waals surface area contributed by atoms with E-state index in [-0.39, 0.29) is 12.0 Å². The smallest absolute Gasteiger partial charge is 0.364 e. The Morgan fingerprint density at radius 1 is 1.27 bits per heavy atom. The van der Waals surface area contributed by atoms with Gasteiger partial charge in [0.1, 0.15) is 0 Å². The summed E-state index contributed by atoms with van der Waals surface area (Å²) in [6.45, 7) is 2.12. The third kappa shape index (κ3) is 9.04. The minimum absolute atomic E-state index is 0.216. The van der Waals surface area contributed by atoms with Gasteiger partial charge in [0, 0.05) is 24.3 Å². The second-order valence-electron chi connectivity index (χ2n) is 3.55. The first-order valence-corrected chi connectivity index (χ1v) is 7.55. The summed E-state index contributed by atoms with van der Waals surface area (Å²) >= 11 is 0. The first-order chi connectivity index (χ1) is 7.07. The molecule has 6 N–H and O–H groups in total. The first-order valence-electron chi connectivity index (χ1n) is 5.06. The molecule has 15 heavy (non-hydrogen) atoms. The molecule has 6 heteroatoms. The number of quaternary nitrogens is 2. The van der Waals surface area contributed by atoms with Crippen LogP contribution in [0.25, 0.3) is 0 Å². The molecule has 0 aromatic rings. The van der Waals surface area contributed by atoms with Crippen molar-refractivity contribution in [1.29, 1.82) is 0 Å². The number of esters is 1. The molecule has 90 valence electrons. The van der Waals surface area contributed by atoms with E-state index in [4.69, 9.17) is 0 Å². The molecule has 0 bridgehead atoms. The van der Waals surface area contributed by atoms with Gasteiger partial charge in [-0.2, -0.15) is 0 Å². The number of carbonyl (C=O) groups is 1. The SMILES string of the molecule is COC(=O)[C@@H]([NH3+])CCSSCC[C@@H](C)[NH3+]. The lowest BCUT2D eigenvalue weighted by Crippen LogP contribution is -2.65. The van der Waals surface area contributed by atoms with E-state index in [1.807, 2.05) is 10.8 Å². The van der Waals surface area contributed by atoms with Gasteiger partial charge in [0.05, 0.1) is 13.2 Å². The number of rotatable bonds is 8. The van der Waals surface area contributed by atoms with E-state index in [1.54, 1.807) is 10.8 Å². The maximum Gasteiger partial charge on any atom is 0.364 e. The number of methoxy groups -OCH3 is 1. The van der Waals surface area contributed by atoms with Gasteiger partial charge in [-0.1, -0.05) is 21.6 Å². The molecule has 0 aromatic heterocycles. The molecule has 0 saturated carbocycles. The minimum Gasteiger partial charge on any atom is -0.465 e. The highest BCUT2D eigenvalue weighted by molar-refractivity contribution is 8.76. The summed E-state index contributed by atoms with van der Waals surface area (Å²) in [5.41, 5.74) is 7.67. The van der Waals surface area contributed by atoms with Crippen molar-refractivity contribution in [3.63, 3.8) is 0 Å². The monoisotopic (exact) mass is 254 g/mol. The van der Waals surface area contributed by atoms with Crippen molar-refractivity contribution < 1.29 is 21.0 Å². The molecule has 0 saturated heterocycles. The lowest BCUT2D eigenvalue weighted by Gasteiger charge is -2.05. The van der Waals surface area contributed by atoms with Crippen molar-refractivity contribution in [2.45, 2.75) is 31.8 Å². The predicted molar refractivity (Wildman–Crippen MR) is 65.2 cm³/mol. The Bertz CT molecular complexity index is 179. The topological polar surface area (TPSA) is 81.6 Å². The second-order valence-corrected chi connectivity index (χ2v) is 6.25. The van der Waals surface area contributed by atoms with Crippen molar-refractivity contribution >= 4 is 27.6 Å². The van der Waals surface area contributed by atoms with Gasteiger partial charge in [0.25, 0.3) is 0 Å². The van der Waals surface area contributed by atoms with Crippen LogP contribution in [0.4, 0.5) is 0 Å². The van der Waals surface area contributed by atoms with Crippen LogP contribution in [0.5, 0.6) is 0 Å². The van der Waals surface area contributed by atoms with E-state index in [1.165, 1.54) is 7.11 Å². The standard InChI is InChI=1S/C9H20N2O2S2/c1-7(10)3-5-14-15-6-4-8(11)9(12)13-2/h7-8H,3-6,10-11H2,1-2H3/p+2/t7-,8+/m1/s1. The molecule has 0 aromatic carbocycles. The molecule has 0 unspecified atom stereocenters. The van der Waals surface area contributed by atoms with Gasteiger partial charge in [-0.25, -0.2) is 4.79 Å². The Hall–Kier alpha value is 0.0900. The molecular weight excluding hydrogens is 232 g/mol. The highest BCUT2D eigenvalue weighted by Crippen LogP contribution is 2.23. The van der Waals surface area contributed by atoms with Gasteiger partial charge in [0.15, 0.2) is 6.04 Å². The molecule has 0 spiro atoms. The van der Waals surface area contributed by atoms with Crippen LogP contribution in [-0.4, -0.2) is 36.7 Å². The van der Waals surface area contributed by atoms with Crippen LogP contribution in [0, 0.1) is 0 Å². The average molecular weight is 254 g/mol. The van der Waals surface area contributed by atoms with Gasteiger partial charge in [-0.05, 0) is 6.92 Å². The molecule has 0 fully saturated rings. The van der Waals surface area contributed by atoms with E-state index < -0.39 is 0 Å². The normalized spacial score (nSPS) is 14.7. The maximum absolute atomic E-state index is 11.0. The molecule has 0 heterocycles. The van der Waals surface area contributed by atoms with Crippen LogP contribution >= 0.6 is 21.6 Å². The highest BCUT2D eigenvalue weighted by Gasteiger charge is 2.16. The summed E-state index contributed by atoms with van der Waals surface area (Å²) in [5, 5.41) is 0. The number of carbonyl (C=O) groups excluding carboxylic acids is 1. The summed E-state index contributed by atoms with van der Waals surface area (Å²) in [4.78, 5) is 11.0. The molecule has 0 rings (SSSR count). The summed E-state index contributed by atoms with van der Waals surface area (Å²) in [6, 6.07) is 0.295. The lowest BCUT2D eigenvalue weighted by molar-refractivity contribution is -0.414. The molecular formula is C9H22N2O2S2+2. The Balaban J connectivity index is 3.27. The van der Waals surface area contributed by atoms with E-state index in [0.717, 1.165) is 24.3 Å². The fraction of sp³-hybridized carbons (Fsp3) is 0.889. The van der Waals surface area contributed by atoms with Crippen LogP contribution in [0.1, 0.15) is 19.8 Å². The molecule has 0 amide bonds. The largest absolute Gasteiger partial charge is 0.465 e. The van der Waals surface area contributed by atoms with Gasteiger partial charge < -0.3 is 16.2 Å². The van der Waals surface area contributed by atoms with E-state index in [0.29, 0.717) is 6.04 Å². The van der Waals surface area contributed by atoms with Gasteiger partial charge >= 0.3 is 5.97 Å². The van der Waals surface area contributed by atoms with Crippen molar-refractivity contribution in [3.05, 3.63) is 0 Å². The molecule has 0 aliphatic rings. The average Bonchev–Trinajstić information content (AvgIpc) is 2.21. The third-order valence-electron chi connectivity index (χ3n) is 1.86. The zero-order chi connectivity index (χ0) is 11.7. The quantitative estimate of drug-likeness (QED) is 0.350. The molecule has 0 aliphatic carbocycles. The first kappa shape index (κ1) is 15.1. The van der Waals surface area contributed by atoms with Crippen molar-refractivity contribution in [3.8, 4) is 0 Å². The zero-order valence-corrected chi connectivity index (χ0v) is 11.2. The van der Waals surface area contributed by atoms with Crippen molar-refractivity contribution in [1.82, 2.24) is 0 Å². The van der Waals surface area contributed by atoms with Crippen LogP contribution in [-0.2, 0) is 9.53 Å². The fourth-order valence-corrected chi connectivity index (χ4v) is 3.24. The van der Waals surface area contributed by atoms with E-state index in [9.17, 15) is 4.79 Å². The van der Waals surface area contributed by atoms with E-state index >= 15 is 0 Å². The molecule has 0 aliphatic heterocycles. The Morgan fingerprint density at radius 2 is 1.80 bits per heavy atom. The summed E-state index contributed by atoms with van der Waals surface area (Å²) in [7, 11) is 5.03. The zero-order valence-electron chi connectivity index (χ0n) is 9.53. The van der Waals surface area contributed by atoms with Gasteiger partial charge in [0.2, 0.25) is 0 Å². The van der Waals surface area contributed by atoms with E-state index in [2.05, 4.69) is 23.1 Å². The minimum atomic E-state index is -0.227. The Kier molecular flexibility index (Phi) is 9.38. The lowest BCUT2D eigenvalue weighted by atomic mass is 10.2. The number of hydrogen-bond donors (Lipinski definition) is 2. The predicted octanol–water partition coefficient (Wildman–Crippen LogP) is -0.438. The maximum atomic E-state index is 11.0. The van der Waals surface area contributed by atoms with Crippen LogP contribution in [0.3, 0.4) is 0 Å². The third-order valence-corrected chi connectivity index (χ3v) is 4.33. The highest BCUT2D eigenvalue weighted by atomic mass is 33.1. The van der Waals surface area contributed by atoms with Gasteiger partial charge in [-0.3, -0.25) is 0 Å². The summed E-state index contributed by atoms with van der Waals surface area (Å²) in [5.74, 6) is 1.85. The summed E-state index contributed by atoms with van der Waals surface area (Å²) < 4.78 is 4.60. The number of hydrogen-bond acceptors (Lipinski definition) is 4. The fourth-order valence-electron chi connectivity index (χ4n) is 0.842. The van der Waals surface area contributed by atoms with Crippen LogP contribution in [0.2, 0.25) is 0 Å². The van der Waals surface area contributed by atoms with Crippen LogP contribution < -0.4 is 11.5 Å². The second kappa shape index (κ2) is 9.33. The van der Waals surface area contributed by atoms with Gasteiger partial charge in [-0.15, -0.1) is 0 Å². The van der Waals surface area contributed by atoms with Crippen molar-refractivity contribution in [2.24, 2.45) is 0 Å².